The number of pyridine rings is 1. The zero-order chi connectivity index (χ0) is 12.1. The standard InChI is InChI=1S/C13H17N3S/c1-3-10-8-15-7-5-12(10)13-16-11(9-17-13)4-6-14-2/h5,7-9,14H,3-4,6H2,1-2H3. The van der Waals surface area contributed by atoms with Gasteiger partial charge >= 0.3 is 0 Å². The summed E-state index contributed by atoms with van der Waals surface area (Å²) in [6.07, 6.45) is 5.75. The van der Waals surface area contributed by atoms with E-state index < -0.39 is 0 Å². The summed E-state index contributed by atoms with van der Waals surface area (Å²) in [5.74, 6) is 0. The van der Waals surface area contributed by atoms with Gasteiger partial charge in [0, 0.05) is 36.3 Å². The highest BCUT2D eigenvalue weighted by molar-refractivity contribution is 7.13. The Morgan fingerprint density at radius 1 is 1.41 bits per heavy atom. The van der Waals surface area contributed by atoms with Gasteiger partial charge in [0.2, 0.25) is 0 Å². The first-order valence-corrected chi connectivity index (χ1v) is 6.75. The molecule has 90 valence electrons. The van der Waals surface area contributed by atoms with Crippen LogP contribution in [-0.2, 0) is 12.8 Å². The van der Waals surface area contributed by atoms with Gasteiger partial charge in [0.1, 0.15) is 5.01 Å². The monoisotopic (exact) mass is 247 g/mol. The number of nitrogens with zero attached hydrogens (tertiary/aromatic N) is 2. The topological polar surface area (TPSA) is 37.8 Å². The lowest BCUT2D eigenvalue weighted by molar-refractivity contribution is 0.780. The van der Waals surface area contributed by atoms with Crippen LogP contribution in [0.2, 0.25) is 0 Å². The van der Waals surface area contributed by atoms with E-state index in [4.69, 9.17) is 0 Å². The Hall–Kier alpha value is -1.26. The zero-order valence-corrected chi connectivity index (χ0v) is 11.0. The van der Waals surface area contributed by atoms with Crippen LogP contribution in [0.15, 0.2) is 23.8 Å². The Morgan fingerprint density at radius 2 is 2.29 bits per heavy atom. The van der Waals surface area contributed by atoms with Gasteiger partial charge in [-0.1, -0.05) is 6.92 Å². The third-order valence-electron chi connectivity index (χ3n) is 2.70. The van der Waals surface area contributed by atoms with Crippen molar-refractivity contribution in [3.8, 4) is 10.6 Å². The summed E-state index contributed by atoms with van der Waals surface area (Å²) in [5.41, 5.74) is 3.66. The highest BCUT2D eigenvalue weighted by atomic mass is 32.1. The highest BCUT2D eigenvalue weighted by Crippen LogP contribution is 2.26. The van der Waals surface area contributed by atoms with Crippen molar-refractivity contribution in [1.29, 1.82) is 0 Å². The molecule has 0 amide bonds. The second kappa shape index (κ2) is 5.89. The van der Waals surface area contributed by atoms with E-state index in [2.05, 4.69) is 33.7 Å². The Morgan fingerprint density at radius 3 is 3.06 bits per heavy atom. The predicted octanol–water partition coefficient (Wildman–Crippen LogP) is 2.53. The number of aromatic nitrogens is 2. The van der Waals surface area contributed by atoms with E-state index in [1.165, 1.54) is 16.8 Å². The van der Waals surface area contributed by atoms with Crippen LogP contribution in [0, 0.1) is 0 Å². The summed E-state index contributed by atoms with van der Waals surface area (Å²) in [6, 6.07) is 2.06. The minimum atomic E-state index is 0.972. The van der Waals surface area contributed by atoms with Gasteiger partial charge in [-0.2, -0.15) is 0 Å². The summed E-state index contributed by atoms with van der Waals surface area (Å²) >= 11 is 1.72. The summed E-state index contributed by atoms with van der Waals surface area (Å²) in [6.45, 7) is 3.12. The molecule has 4 heteroatoms. The molecule has 17 heavy (non-hydrogen) atoms. The zero-order valence-electron chi connectivity index (χ0n) is 10.2. The molecule has 0 aliphatic rings. The second-order valence-electron chi connectivity index (χ2n) is 3.88. The average molecular weight is 247 g/mol. The Balaban J connectivity index is 2.24. The molecule has 1 N–H and O–H groups in total. The SMILES string of the molecule is CCc1cnccc1-c1nc(CCNC)cs1. The Kier molecular flexibility index (Phi) is 4.23. The fraction of sp³-hybridized carbons (Fsp3) is 0.385. The number of rotatable bonds is 5. The van der Waals surface area contributed by atoms with E-state index in [0.717, 1.165) is 24.4 Å². The first-order chi connectivity index (χ1) is 8.35. The first kappa shape index (κ1) is 12.2. The van der Waals surface area contributed by atoms with E-state index in [1.807, 2.05) is 19.4 Å². The van der Waals surface area contributed by atoms with Crippen LogP contribution in [0.4, 0.5) is 0 Å². The highest BCUT2D eigenvalue weighted by Gasteiger charge is 2.08. The molecule has 2 aromatic rings. The third kappa shape index (κ3) is 2.90. The lowest BCUT2D eigenvalue weighted by atomic mass is 10.1. The van der Waals surface area contributed by atoms with Crippen LogP contribution >= 0.6 is 11.3 Å². The molecule has 0 aromatic carbocycles. The van der Waals surface area contributed by atoms with Gasteiger partial charge < -0.3 is 5.32 Å². The van der Waals surface area contributed by atoms with Gasteiger partial charge in [0.25, 0.3) is 0 Å². The normalized spacial score (nSPS) is 10.7. The van der Waals surface area contributed by atoms with Crippen LogP contribution in [0.3, 0.4) is 0 Å². The van der Waals surface area contributed by atoms with E-state index >= 15 is 0 Å². The average Bonchev–Trinajstić information content (AvgIpc) is 2.85. The molecular weight excluding hydrogens is 230 g/mol. The smallest absolute Gasteiger partial charge is 0.123 e. The van der Waals surface area contributed by atoms with Crippen molar-refractivity contribution in [3.63, 3.8) is 0 Å². The molecule has 0 fully saturated rings. The van der Waals surface area contributed by atoms with Crippen molar-refractivity contribution >= 4 is 11.3 Å². The van der Waals surface area contributed by atoms with Crippen LogP contribution in [-0.4, -0.2) is 23.6 Å². The maximum atomic E-state index is 4.68. The number of nitrogens with one attached hydrogen (secondary N) is 1. The molecule has 0 bridgehead atoms. The Labute approximate surface area is 106 Å². The third-order valence-corrected chi connectivity index (χ3v) is 3.62. The quantitative estimate of drug-likeness (QED) is 0.882. The molecule has 0 atom stereocenters. The van der Waals surface area contributed by atoms with Gasteiger partial charge in [-0.05, 0) is 25.1 Å². The summed E-state index contributed by atoms with van der Waals surface area (Å²) in [7, 11) is 1.96. The first-order valence-electron chi connectivity index (χ1n) is 5.87. The molecule has 2 rings (SSSR count). The number of hydrogen-bond donors (Lipinski definition) is 1. The molecule has 2 aromatic heterocycles. The maximum Gasteiger partial charge on any atom is 0.123 e. The molecule has 0 saturated carbocycles. The molecule has 0 aliphatic carbocycles. The molecule has 0 saturated heterocycles. The van der Waals surface area contributed by atoms with Gasteiger partial charge in [0.15, 0.2) is 0 Å². The van der Waals surface area contributed by atoms with E-state index in [-0.39, 0.29) is 0 Å². The van der Waals surface area contributed by atoms with Crippen molar-refractivity contribution in [1.82, 2.24) is 15.3 Å². The number of thiazole rings is 1. The van der Waals surface area contributed by atoms with Crippen molar-refractivity contribution in [2.24, 2.45) is 0 Å². The molecule has 2 heterocycles. The molecule has 0 spiro atoms. The van der Waals surface area contributed by atoms with Gasteiger partial charge in [-0.15, -0.1) is 11.3 Å². The summed E-state index contributed by atoms with van der Waals surface area (Å²) in [4.78, 5) is 8.84. The van der Waals surface area contributed by atoms with Gasteiger partial charge in [0.05, 0.1) is 5.69 Å². The molecule has 0 aliphatic heterocycles. The van der Waals surface area contributed by atoms with Crippen molar-refractivity contribution in [2.45, 2.75) is 19.8 Å². The lowest BCUT2D eigenvalue weighted by Crippen LogP contribution is -2.10. The maximum absolute atomic E-state index is 4.68. The summed E-state index contributed by atoms with van der Waals surface area (Å²) in [5, 5.41) is 6.39. The molecule has 0 unspecified atom stereocenters. The molecular formula is C13H17N3S. The van der Waals surface area contributed by atoms with Gasteiger partial charge in [-0.3, -0.25) is 4.98 Å². The van der Waals surface area contributed by atoms with Crippen LogP contribution in [0.25, 0.3) is 10.6 Å². The van der Waals surface area contributed by atoms with E-state index in [1.54, 1.807) is 11.3 Å². The fourth-order valence-corrected chi connectivity index (χ4v) is 2.63. The van der Waals surface area contributed by atoms with Gasteiger partial charge in [-0.25, -0.2) is 4.98 Å². The van der Waals surface area contributed by atoms with Crippen molar-refractivity contribution in [2.75, 3.05) is 13.6 Å². The minimum absolute atomic E-state index is 0.972. The Bertz CT molecular complexity index is 479. The number of aryl methyl sites for hydroxylation is 1. The molecule has 3 nitrogen and oxygen atoms in total. The van der Waals surface area contributed by atoms with Crippen molar-refractivity contribution < 1.29 is 0 Å². The number of likely N-dealkylation sites (N-methyl/N-ethyl adjacent to an activating group) is 1. The predicted molar refractivity (Wildman–Crippen MR) is 72.4 cm³/mol. The summed E-state index contributed by atoms with van der Waals surface area (Å²) < 4.78 is 0. The second-order valence-corrected chi connectivity index (χ2v) is 4.74. The molecule has 0 radical (unpaired) electrons. The fourth-order valence-electron chi connectivity index (χ4n) is 1.72. The van der Waals surface area contributed by atoms with Crippen LogP contribution < -0.4 is 5.32 Å². The van der Waals surface area contributed by atoms with E-state index in [9.17, 15) is 0 Å². The van der Waals surface area contributed by atoms with E-state index in [0.29, 0.717) is 0 Å². The number of hydrogen-bond acceptors (Lipinski definition) is 4. The lowest BCUT2D eigenvalue weighted by Gasteiger charge is -2.02. The van der Waals surface area contributed by atoms with Crippen molar-refractivity contribution in [3.05, 3.63) is 35.1 Å². The largest absolute Gasteiger partial charge is 0.319 e. The minimum Gasteiger partial charge on any atom is -0.319 e. The van der Waals surface area contributed by atoms with Crippen LogP contribution in [0.5, 0.6) is 0 Å². The van der Waals surface area contributed by atoms with Crippen LogP contribution in [0.1, 0.15) is 18.2 Å².